The van der Waals surface area contributed by atoms with Crippen LogP contribution < -0.4 is 4.57 Å². The van der Waals surface area contributed by atoms with E-state index < -0.39 is 0 Å². The van der Waals surface area contributed by atoms with Crippen LogP contribution in [0.2, 0.25) is 5.02 Å². The van der Waals surface area contributed by atoms with Gasteiger partial charge in [0.05, 0.1) is 14.1 Å². The normalized spacial score (nSPS) is 10.5. The third-order valence-corrected chi connectivity index (χ3v) is 4.35. The number of pyridine rings is 1. The van der Waals surface area contributed by atoms with Gasteiger partial charge in [-0.25, -0.2) is 0 Å². The molecule has 0 saturated carbocycles. The number of nitrogens with zero attached hydrogens (tertiary/aromatic N) is 2. The second-order valence-electron chi connectivity index (χ2n) is 4.13. The summed E-state index contributed by atoms with van der Waals surface area (Å²) in [4.78, 5) is 10.9. The topological polar surface area (TPSA) is 47.0 Å². The Labute approximate surface area is 129 Å². The Morgan fingerprint density at radius 3 is 2.42 bits per heavy atom. The molecular weight excluding hydrogens is 379 g/mol. The number of halogens is 2. The van der Waals surface area contributed by atoms with Crippen LogP contribution in [0.5, 0.6) is 0 Å². The maximum absolute atomic E-state index is 11.2. The van der Waals surface area contributed by atoms with Gasteiger partial charge in [-0.3, -0.25) is 10.1 Å². The van der Waals surface area contributed by atoms with E-state index in [0.717, 1.165) is 14.8 Å². The Bertz CT molecular complexity index is 657. The summed E-state index contributed by atoms with van der Waals surface area (Å²) in [6.45, 7) is 1.94. The fraction of sp³-hybridized carbons (Fsp3) is 0.154. The fourth-order valence-electron chi connectivity index (χ4n) is 1.88. The minimum absolute atomic E-state index is 0.0971. The molecule has 0 radical (unpaired) electrons. The van der Waals surface area contributed by atoms with Gasteiger partial charge in [0.15, 0.2) is 5.69 Å². The minimum Gasteiger partial charge on any atom is -0.258 e. The Morgan fingerprint density at radius 2 is 1.89 bits per heavy atom. The largest absolute Gasteiger partial charge is 0.341 e. The highest BCUT2D eigenvalue weighted by Gasteiger charge is 2.28. The highest BCUT2D eigenvalue weighted by atomic mass is 127. The molecule has 1 heterocycles. The molecule has 2 aromatic rings. The molecule has 1 aromatic carbocycles. The van der Waals surface area contributed by atoms with E-state index in [1.165, 1.54) is 0 Å². The smallest absolute Gasteiger partial charge is 0.258 e. The van der Waals surface area contributed by atoms with Crippen molar-refractivity contribution in [3.63, 3.8) is 0 Å². The van der Waals surface area contributed by atoms with E-state index in [9.17, 15) is 10.1 Å². The lowest BCUT2D eigenvalue weighted by Crippen LogP contribution is -2.36. The van der Waals surface area contributed by atoms with E-state index in [0.29, 0.717) is 10.7 Å². The highest BCUT2D eigenvalue weighted by molar-refractivity contribution is 14.1. The molecule has 1 aromatic heterocycles. The molecule has 6 heteroatoms. The Kier molecular flexibility index (Phi) is 4.05. The lowest BCUT2D eigenvalue weighted by molar-refractivity contribution is -0.669. The third kappa shape index (κ3) is 2.71. The molecule has 98 valence electrons. The number of hydrogen-bond acceptors (Lipinski definition) is 2. The maximum atomic E-state index is 11.2. The monoisotopic (exact) mass is 389 g/mol. The van der Waals surface area contributed by atoms with Crippen LogP contribution in [0, 0.1) is 20.6 Å². The van der Waals surface area contributed by atoms with Gasteiger partial charge in [0.2, 0.25) is 0 Å². The van der Waals surface area contributed by atoms with Gasteiger partial charge in [-0.1, -0.05) is 11.6 Å². The van der Waals surface area contributed by atoms with Gasteiger partial charge in [0.1, 0.15) is 7.05 Å². The summed E-state index contributed by atoms with van der Waals surface area (Å²) >= 11 is 7.96. The Morgan fingerprint density at radius 1 is 1.32 bits per heavy atom. The summed E-state index contributed by atoms with van der Waals surface area (Å²) in [7, 11) is 1.83. The SMILES string of the molecule is Cc1c(I)cc([N+](=O)[O-])c(-c2ccc(Cl)cc2)[n+]1C. The first-order chi connectivity index (χ1) is 8.91. The number of rotatable bonds is 2. The molecule has 0 aliphatic rings. The second kappa shape index (κ2) is 5.42. The molecule has 0 bridgehead atoms. The lowest BCUT2D eigenvalue weighted by Gasteiger charge is -2.05. The van der Waals surface area contributed by atoms with E-state index in [-0.39, 0.29) is 10.6 Å². The molecule has 0 amide bonds. The molecule has 0 aliphatic heterocycles. The molecular formula is C13H11ClIN2O2+. The van der Waals surface area contributed by atoms with Crippen molar-refractivity contribution in [2.24, 2.45) is 7.05 Å². The van der Waals surface area contributed by atoms with Gasteiger partial charge in [0.25, 0.3) is 5.69 Å². The van der Waals surface area contributed by atoms with Crippen molar-refractivity contribution in [1.29, 1.82) is 0 Å². The third-order valence-electron chi connectivity index (χ3n) is 3.00. The molecule has 4 nitrogen and oxygen atoms in total. The van der Waals surface area contributed by atoms with Crippen LogP contribution in [0.3, 0.4) is 0 Å². The van der Waals surface area contributed by atoms with Gasteiger partial charge in [0, 0.05) is 18.0 Å². The summed E-state index contributed by atoms with van der Waals surface area (Å²) in [5.74, 6) is 0. The van der Waals surface area contributed by atoms with E-state index in [4.69, 9.17) is 11.6 Å². The van der Waals surface area contributed by atoms with Gasteiger partial charge in [-0.2, -0.15) is 4.57 Å². The van der Waals surface area contributed by atoms with Crippen LogP contribution in [0.1, 0.15) is 5.69 Å². The maximum Gasteiger partial charge on any atom is 0.341 e. The van der Waals surface area contributed by atoms with Crippen LogP contribution in [-0.4, -0.2) is 4.92 Å². The summed E-state index contributed by atoms with van der Waals surface area (Å²) in [5, 5.41) is 11.8. The van der Waals surface area contributed by atoms with Crippen molar-refractivity contribution in [3.05, 3.63) is 54.7 Å². The lowest BCUT2D eigenvalue weighted by atomic mass is 10.1. The standard InChI is InChI=1S/C13H11ClIN2O2/c1-8-11(15)7-12(17(18)19)13(16(8)2)9-3-5-10(14)6-4-9/h3-7H,1-2H3/q+1. The summed E-state index contributed by atoms with van der Waals surface area (Å²) in [5.41, 5.74) is 2.44. The zero-order valence-corrected chi connectivity index (χ0v) is 13.3. The van der Waals surface area contributed by atoms with E-state index in [1.54, 1.807) is 30.3 Å². The zero-order valence-electron chi connectivity index (χ0n) is 10.4. The molecule has 2 rings (SSSR count). The van der Waals surface area contributed by atoms with Crippen LogP contribution in [0.4, 0.5) is 5.69 Å². The summed E-state index contributed by atoms with van der Waals surface area (Å²) in [6.07, 6.45) is 0. The molecule has 0 spiro atoms. The molecule has 0 N–H and O–H groups in total. The quantitative estimate of drug-likeness (QED) is 0.341. The Balaban J connectivity index is 2.77. The Hall–Kier alpha value is -1.21. The predicted molar refractivity (Wildman–Crippen MR) is 82.2 cm³/mol. The average Bonchev–Trinajstić information content (AvgIpc) is 2.37. The first kappa shape index (κ1) is 14.2. The van der Waals surface area contributed by atoms with Crippen molar-refractivity contribution in [2.45, 2.75) is 6.92 Å². The summed E-state index contributed by atoms with van der Waals surface area (Å²) in [6, 6.07) is 8.63. The minimum atomic E-state index is -0.356. The fourth-order valence-corrected chi connectivity index (χ4v) is 2.66. The van der Waals surface area contributed by atoms with Crippen LogP contribution in [-0.2, 0) is 7.05 Å². The molecule has 0 fully saturated rings. The molecule has 0 aliphatic carbocycles. The average molecular weight is 390 g/mol. The van der Waals surface area contributed by atoms with Crippen molar-refractivity contribution in [1.82, 2.24) is 0 Å². The van der Waals surface area contributed by atoms with Crippen molar-refractivity contribution in [3.8, 4) is 11.3 Å². The molecule has 19 heavy (non-hydrogen) atoms. The number of benzene rings is 1. The zero-order chi connectivity index (χ0) is 14.2. The predicted octanol–water partition coefficient (Wildman–Crippen LogP) is 3.65. The van der Waals surface area contributed by atoms with E-state index in [1.807, 2.05) is 18.5 Å². The molecule has 0 atom stereocenters. The van der Waals surface area contributed by atoms with Gasteiger partial charge < -0.3 is 0 Å². The van der Waals surface area contributed by atoms with Gasteiger partial charge >= 0.3 is 5.69 Å². The second-order valence-corrected chi connectivity index (χ2v) is 5.73. The van der Waals surface area contributed by atoms with Crippen LogP contribution in [0.15, 0.2) is 30.3 Å². The van der Waals surface area contributed by atoms with Crippen LogP contribution in [0.25, 0.3) is 11.3 Å². The first-order valence-electron chi connectivity index (χ1n) is 5.51. The molecule has 0 unspecified atom stereocenters. The van der Waals surface area contributed by atoms with E-state index in [2.05, 4.69) is 22.6 Å². The van der Waals surface area contributed by atoms with Crippen LogP contribution >= 0.6 is 34.2 Å². The van der Waals surface area contributed by atoms with E-state index >= 15 is 0 Å². The first-order valence-corrected chi connectivity index (χ1v) is 6.97. The molecule has 0 saturated heterocycles. The van der Waals surface area contributed by atoms with Gasteiger partial charge in [-0.15, -0.1) is 0 Å². The highest BCUT2D eigenvalue weighted by Crippen LogP contribution is 2.29. The number of nitro groups is 1. The van der Waals surface area contributed by atoms with Crippen molar-refractivity contribution in [2.75, 3.05) is 0 Å². The van der Waals surface area contributed by atoms with Crippen molar-refractivity contribution >= 4 is 39.9 Å². The van der Waals surface area contributed by atoms with Gasteiger partial charge in [-0.05, 0) is 46.9 Å². The van der Waals surface area contributed by atoms with Crippen molar-refractivity contribution < 1.29 is 9.49 Å². The number of hydrogen-bond donors (Lipinski definition) is 0. The summed E-state index contributed by atoms with van der Waals surface area (Å²) < 4.78 is 2.70. The number of aromatic nitrogens is 1.